The molecule has 1 heterocycles. The van der Waals surface area contributed by atoms with Crippen molar-refractivity contribution in [3.63, 3.8) is 0 Å². The van der Waals surface area contributed by atoms with E-state index in [0.29, 0.717) is 6.04 Å². The fourth-order valence-corrected chi connectivity index (χ4v) is 2.07. The second-order valence-electron chi connectivity index (χ2n) is 4.89. The lowest BCUT2D eigenvalue weighted by Crippen LogP contribution is -2.28. The van der Waals surface area contributed by atoms with Gasteiger partial charge in [0, 0.05) is 11.7 Å². The SMILES string of the molecule is CCCC(C)N(C)Cc1nc2cc(N)ccc2o1. The van der Waals surface area contributed by atoms with E-state index in [2.05, 4.69) is 30.8 Å². The molecule has 4 nitrogen and oxygen atoms in total. The van der Waals surface area contributed by atoms with E-state index in [1.807, 2.05) is 18.2 Å². The van der Waals surface area contributed by atoms with Crippen LogP contribution in [0.4, 0.5) is 5.69 Å². The lowest BCUT2D eigenvalue weighted by molar-refractivity contribution is 0.217. The number of rotatable bonds is 5. The Balaban J connectivity index is 2.12. The van der Waals surface area contributed by atoms with E-state index < -0.39 is 0 Å². The van der Waals surface area contributed by atoms with Gasteiger partial charge in [0.25, 0.3) is 0 Å². The molecule has 98 valence electrons. The lowest BCUT2D eigenvalue weighted by Gasteiger charge is -2.22. The van der Waals surface area contributed by atoms with Gasteiger partial charge in [0.05, 0.1) is 6.54 Å². The summed E-state index contributed by atoms with van der Waals surface area (Å²) in [6, 6.07) is 6.09. The number of nitrogens with two attached hydrogens (primary N) is 1. The predicted octanol–water partition coefficient (Wildman–Crippen LogP) is 3.03. The number of anilines is 1. The summed E-state index contributed by atoms with van der Waals surface area (Å²) in [5, 5.41) is 0. The average molecular weight is 247 g/mol. The smallest absolute Gasteiger partial charge is 0.209 e. The molecule has 2 aromatic rings. The highest BCUT2D eigenvalue weighted by Gasteiger charge is 2.12. The van der Waals surface area contributed by atoms with E-state index in [-0.39, 0.29) is 0 Å². The number of nitrogen functional groups attached to an aromatic ring is 1. The highest BCUT2D eigenvalue weighted by molar-refractivity contribution is 5.76. The zero-order valence-corrected chi connectivity index (χ0v) is 11.3. The van der Waals surface area contributed by atoms with Crippen LogP contribution in [0.2, 0.25) is 0 Å². The van der Waals surface area contributed by atoms with Crippen molar-refractivity contribution in [2.45, 2.75) is 39.3 Å². The first kappa shape index (κ1) is 12.9. The fraction of sp³-hybridized carbons (Fsp3) is 0.500. The van der Waals surface area contributed by atoms with Gasteiger partial charge in [-0.15, -0.1) is 0 Å². The third kappa shape index (κ3) is 2.82. The summed E-state index contributed by atoms with van der Waals surface area (Å²) in [6.07, 6.45) is 2.37. The molecular formula is C14H21N3O. The maximum atomic E-state index is 5.73. The number of hydrogen-bond donors (Lipinski definition) is 1. The first-order chi connectivity index (χ1) is 8.60. The fourth-order valence-electron chi connectivity index (χ4n) is 2.07. The summed E-state index contributed by atoms with van der Waals surface area (Å²) in [4.78, 5) is 6.73. The molecule has 1 atom stereocenters. The maximum absolute atomic E-state index is 5.73. The van der Waals surface area contributed by atoms with Crippen LogP contribution in [0.15, 0.2) is 22.6 Å². The summed E-state index contributed by atoms with van der Waals surface area (Å²) in [5.74, 6) is 0.751. The monoisotopic (exact) mass is 247 g/mol. The van der Waals surface area contributed by atoms with Gasteiger partial charge in [-0.25, -0.2) is 4.98 Å². The molecule has 0 fully saturated rings. The Morgan fingerprint density at radius 1 is 1.44 bits per heavy atom. The van der Waals surface area contributed by atoms with E-state index in [0.717, 1.165) is 29.2 Å². The van der Waals surface area contributed by atoms with Crippen LogP contribution in [0.5, 0.6) is 0 Å². The number of hydrogen-bond acceptors (Lipinski definition) is 4. The van der Waals surface area contributed by atoms with Crippen molar-refractivity contribution in [3.8, 4) is 0 Å². The van der Waals surface area contributed by atoms with Gasteiger partial charge >= 0.3 is 0 Å². The minimum absolute atomic E-state index is 0.537. The zero-order chi connectivity index (χ0) is 13.1. The Morgan fingerprint density at radius 3 is 2.94 bits per heavy atom. The molecule has 0 spiro atoms. The molecule has 0 saturated carbocycles. The van der Waals surface area contributed by atoms with E-state index in [1.54, 1.807) is 0 Å². The minimum atomic E-state index is 0.537. The van der Waals surface area contributed by atoms with Crippen molar-refractivity contribution in [2.24, 2.45) is 0 Å². The van der Waals surface area contributed by atoms with Crippen LogP contribution in [0.1, 0.15) is 32.6 Å². The molecule has 0 amide bonds. The molecule has 1 aromatic heterocycles. The molecule has 2 N–H and O–H groups in total. The van der Waals surface area contributed by atoms with Crippen molar-refractivity contribution >= 4 is 16.8 Å². The van der Waals surface area contributed by atoms with Crippen molar-refractivity contribution in [2.75, 3.05) is 12.8 Å². The standard InChI is InChI=1S/C14H21N3O/c1-4-5-10(2)17(3)9-14-16-12-8-11(15)6-7-13(12)18-14/h6-8,10H,4-5,9,15H2,1-3H3. The first-order valence-electron chi connectivity index (χ1n) is 6.45. The lowest BCUT2D eigenvalue weighted by atomic mass is 10.2. The molecule has 4 heteroatoms. The maximum Gasteiger partial charge on any atom is 0.209 e. The average Bonchev–Trinajstić information content (AvgIpc) is 2.70. The molecule has 18 heavy (non-hydrogen) atoms. The number of aromatic nitrogens is 1. The first-order valence-corrected chi connectivity index (χ1v) is 6.45. The summed E-state index contributed by atoms with van der Waals surface area (Å²) < 4.78 is 5.71. The van der Waals surface area contributed by atoms with Gasteiger partial charge in [-0.1, -0.05) is 13.3 Å². The topological polar surface area (TPSA) is 55.3 Å². The van der Waals surface area contributed by atoms with Crippen LogP contribution in [0, 0.1) is 0 Å². The summed E-state index contributed by atoms with van der Waals surface area (Å²) in [6.45, 7) is 5.16. The third-order valence-electron chi connectivity index (χ3n) is 3.30. The molecule has 1 aromatic carbocycles. The van der Waals surface area contributed by atoms with Gasteiger partial charge < -0.3 is 10.2 Å². The number of fused-ring (bicyclic) bond motifs is 1. The highest BCUT2D eigenvalue weighted by atomic mass is 16.3. The van der Waals surface area contributed by atoms with Gasteiger partial charge in [-0.2, -0.15) is 0 Å². The van der Waals surface area contributed by atoms with Crippen molar-refractivity contribution < 1.29 is 4.42 Å². The third-order valence-corrected chi connectivity index (χ3v) is 3.30. The minimum Gasteiger partial charge on any atom is -0.439 e. The van der Waals surface area contributed by atoms with Crippen molar-refractivity contribution in [1.82, 2.24) is 9.88 Å². The van der Waals surface area contributed by atoms with Gasteiger partial charge in [-0.05, 0) is 38.6 Å². The molecule has 0 saturated heterocycles. The quantitative estimate of drug-likeness (QED) is 0.825. The summed E-state index contributed by atoms with van der Waals surface area (Å²) >= 11 is 0. The molecule has 0 radical (unpaired) electrons. The molecule has 2 rings (SSSR count). The molecular weight excluding hydrogens is 226 g/mol. The normalized spacial score (nSPS) is 13.3. The second-order valence-corrected chi connectivity index (χ2v) is 4.89. The summed E-state index contributed by atoms with van der Waals surface area (Å²) in [7, 11) is 2.10. The molecule has 0 aliphatic heterocycles. The van der Waals surface area contributed by atoms with Gasteiger partial charge in [0.15, 0.2) is 5.58 Å². The van der Waals surface area contributed by atoms with Gasteiger partial charge in [0.1, 0.15) is 5.52 Å². The van der Waals surface area contributed by atoms with Crippen LogP contribution < -0.4 is 5.73 Å². The molecule has 0 bridgehead atoms. The zero-order valence-electron chi connectivity index (χ0n) is 11.3. The predicted molar refractivity (Wildman–Crippen MR) is 74.3 cm³/mol. The van der Waals surface area contributed by atoms with Crippen LogP contribution in [-0.2, 0) is 6.54 Å². The Morgan fingerprint density at radius 2 is 2.22 bits per heavy atom. The van der Waals surface area contributed by atoms with Crippen LogP contribution in [0.3, 0.4) is 0 Å². The van der Waals surface area contributed by atoms with Gasteiger partial charge in [-0.3, -0.25) is 4.90 Å². The van der Waals surface area contributed by atoms with Crippen molar-refractivity contribution in [1.29, 1.82) is 0 Å². The van der Waals surface area contributed by atoms with E-state index in [1.165, 1.54) is 12.8 Å². The Bertz CT molecular complexity index is 521. The molecule has 0 aliphatic carbocycles. The van der Waals surface area contributed by atoms with Crippen molar-refractivity contribution in [3.05, 3.63) is 24.1 Å². The largest absolute Gasteiger partial charge is 0.439 e. The van der Waals surface area contributed by atoms with E-state index >= 15 is 0 Å². The number of oxazole rings is 1. The Kier molecular flexibility index (Phi) is 3.87. The summed E-state index contributed by atoms with van der Waals surface area (Å²) in [5.41, 5.74) is 8.08. The number of benzene rings is 1. The Hall–Kier alpha value is -1.55. The van der Waals surface area contributed by atoms with E-state index in [9.17, 15) is 0 Å². The molecule has 1 unspecified atom stereocenters. The molecule has 0 aliphatic rings. The van der Waals surface area contributed by atoms with E-state index in [4.69, 9.17) is 10.2 Å². The Labute approximate surface area is 108 Å². The van der Waals surface area contributed by atoms with Gasteiger partial charge in [0.2, 0.25) is 5.89 Å². The second kappa shape index (κ2) is 5.40. The van der Waals surface area contributed by atoms with Crippen LogP contribution in [-0.4, -0.2) is 23.0 Å². The van der Waals surface area contributed by atoms with Crippen LogP contribution in [0.25, 0.3) is 11.1 Å². The number of nitrogens with zero attached hydrogens (tertiary/aromatic N) is 2. The van der Waals surface area contributed by atoms with Crippen LogP contribution >= 0.6 is 0 Å². The highest BCUT2D eigenvalue weighted by Crippen LogP contribution is 2.19.